The first kappa shape index (κ1) is 17.7. The summed E-state index contributed by atoms with van der Waals surface area (Å²) in [7, 11) is 0. The highest BCUT2D eigenvalue weighted by atomic mass is 16.5. The van der Waals surface area contributed by atoms with Crippen LogP contribution >= 0.6 is 0 Å². The van der Waals surface area contributed by atoms with E-state index in [1.54, 1.807) is 38.1 Å². The number of hydrogen-bond acceptors (Lipinski definition) is 5. The summed E-state index contributed by atoms with van der Waals surface area (Å²) in [6, 6.07) is 4.72. The molecule has 0 spiro atoms. The lowest BCUT2D eigenvalue weighted by Crippen LogP contribution is -2.67. The largest absolute Gasteiger partial charge is 0.508 e. The van der Waals surface area contributed by atoms with Gasteiger partial charge in [-0.05, 0) is 51.1 Å². The minimum Gasteiger partial charge on any atom is -0.508 e. The smallest absolute Gasteiger partial charge is 0.201 e. The van der Waals surface area contributed by atoms with Crippen LogP contribution in [0, 0.1) is 5.41 Å². The molecule has 5 heteroatoms. The molecule has 3 atom stereocenters. The maximum atomic E-state index is 13.3. The maximum absolute atomic E-state index is 13.3. The zero-order chi connectivity index (χ0) is 19.6. The highest BCUT2D eigenvalue weighted by Gasteiger charge is 2.69. The van der Waals surface area contributed by atoms with Crippen molar-refractivity contribution in [2.75, 3.05) is 0 Å². The van der Waals surface area contributed by atoms with Gasteiger partial charge in [0.15, 0.2) is 11.4 Å². The number of aromatic hydroxyl groups is 1. The van der Waals surface area contributed by atoms with E-state index in [1.807, 2.05) is 13.0 Å². The Kier molecular flexibility index (Phi) is 3.56. The number of ether oxygens (including phenoxy) is 1. The summed E-state index contributed by atoms with van der Waals surface area (Å²) in [6.45, 7) is 5.13. The van der Waals surface area contributed by atoms with Crippen molar-refractivity contribution >= 4 is 11.6 Å². The average molecular weight is 366 g/mol. The third-order valence-corrected chi connectivity index (χ3v) is 5.70. The lowest BCUT2D eigenvalue weighted by molar-refractivity contribution is -0.156. The van der Waals surface area contributed by atoms with E-state index in [0.29, 0.717) is 11.3 Å². The van der Waals surface area contributed by atoms with Gasteiger partial charge in [-0.15, -0.1) is 0 Å². The Balaban J connectivity index is 2.08. The normalized spacial score (nSPS) is 32.0. The number of carbonyl (C=O) groups excluding carboxylic acids is 2. The van der Waals surface area contributed by atoms with Crippen LogP contribution in [-0.2, 0) is 9.59 Å². The topological polar surface area (TPSA) is 83.8 Å². The Morgan fingerprint density at radius 2 is 1.93 bits per heavy atom. The van der Waals surface area contributed by atoms with Crippen molar-refractivity contribution in [2.45, 2.75) is 44.3 Å². The number of phenols is 1. The number of hydrogen-bond donors (Lipinski definition) is 2. The van der Waals surface area contributed by atoms with Gasteiger partial charge in [0.1, 0.15) is 16.9 Å². The van der Waals surface area contributed by atoms with Crippen molar-refractivity contribution in [3.05, 3.63) is 59.7 Å². The number of phenolic OH excluding ortho intramolecular Hbond substituents is 1. The van der Waals surface area contributed by atoms with Crippen LogP contribution in [0.15, 0.2) is 54.2 Å². The summed E-state index contributed by atoms with van der Waals surface area (Å²) >= 11 is 0. The van der Waals surface area contributed by atoms with Gasteiger partial charge in [-0.3, -0.25) is 9.59 Å². The number of carbonyl (C=O) groups is 2. The van der Waals surface area contributed by atoms with Gasteiger partial charge in [0.05, 0.1) is 5.60 Å². The number of aliphatic hydroxyl groups is 1. The first-order valence-electron chi connectivity index (χ1n) is 8.98. The summed E-state index contributed by atoms with van der Waals surface area (Å²) in [5.74, 6) is -0.440. The molecule has 1 heterocycles. The van der Waals surface area contributed by atoms with E-state index < -0.39 is 22.5 Å². The number of benzene rings is 1. The fourth-order valence-corrected chi connectivity index (χ4v) is 4.55. The molecule has 1 aromatic rings. The van der Waals surface area contributed by atoms with E-state index >= 15 is 0 Å². The summed E-state index contributed by atoms with van der Waals surface area (Å²) in [4.78, 5) is 26.4. The van der Waals surface area contributed by atoms with Crippen LogP contribution in [0.25, 0.3) is 0 Å². The maximum Gasteiger partial charge on any atom is 0.201 e. The monoisotopic (exact) mass is 366 g/mol. The van der Waals surface area contributed by atoms with Crippen LogP contribution in [0.5, 0.6) is 11.5 Å². The van der Waals surface area contributed by atoms with Gasteiger partial charge < -0.3 is 14.9 Å². The van der Waals surface area contributed by atoms with Crippen LogP contribution in [0.4, 0.5) is 0 Å². The van der Waals surface area contributed by atoms with Gasteiger partial charge in [-0.1, -0.05) is 23.8 Å². The second-order valence-corrected chi connectivity index (χ2v) is 8.24. The molecule has 1 unspecified atom stereocenters. The lowest BCUT2D eigenvalue weighted by atomic mass is 9.50. The Bertz CT molecular complexity index is 946. The van der Waals surface area contributed by atoms with Crippen molar-refractivity contribution < 1.29 is 24.5 Å². The number of allylic oxidation sites excluding steroid dienone is 2. The summed E-state index contributed by atoms with van der Waals surface area (Å²) < 4.78 is 6.26. The molecule has 2 N–H and O–H groups in total. The molecule has 140 valence electrons. The summed E-state index contributed by atoms with van der Waals surface area (Å²) in [5.41, 5.74) is -2.26. The molecular weight excluding hydrogens is 344 g/mol. The zero-order valence-electron chi connectivity index (χ0n) is 15.5. The Morgan fingerprint density at radius 3 is 2.63 bits per heavy atom. The van der Waals surface area contributed by atoms with E-state index in [4.69, 9.17) is 4.74 Å². The van der Waals surface area contributed by atoms with E-state index in [2.05, 4.69) is 0 Å². The van der Waals surface area contributed by atoms with Gasteiger partial charge in [0.2, 0.25) is 5.78 Å². The SMILES string of the molecule is CC1=C[C@H]2c3cc(O)ccc3O[C@@]3(C1)C(=O)C=CC(=O)C23/C=C/C(C)(C)O. The third-order valence-electron chi connectivity index (χ3n) is 5.70. The minimum atomic E-state index is -1.39. The van der Waals surface area contributed by atoms with Crippen LogP contribution < -0.4 is 4.74 Å². The molecule has 0 saturated carbocycles. The molecule has 0 amide bonds. The summed E-state index contributed by atoms with van der Waals surface area (Å²) in [6.07, 6.45) is 8.03. The van der Waals surface area contributed by atoms with E-state index in [-0.39, 0.29) is 23.7 Å². The summed E-state index contributed by atoms with van der Waals surface area (Å²) in [5, 5.41) is 20.2. The molecular formula is C22H22O5. The van der Waals surface area contributed by atoms with Crippen molar-refractivity contribution in [3.8, 4) is 11.5 Å². The second-order valence-electron chi connectivity index (χ2n) is 8.24. The molecule has 5 nitrogen and oxygen atoms in total. The number of ketones is 2. The Morgan fingerprint density at radius 1 is 1.22 bits per heavy atom. The quantitative estimate of drug-likeness (QED) is 0.786. The Hall–Kier alpha value is -2.66. The van der Waals surface area contributed by atoms with Gasteiger partial charge >= 0.3 is 0 Å². The Labute approximate surface area is 157 Å². The molecule has 0 fully saturated rings. The van der Waals surface area contributed by atoms with E-state index in [0.717, 1.165) is 5.57 Å². The molecule has 1 aliphatic heterocycles. The van der Waals surface area contributed by atoms with Crippen molar-refractivity contribution in [2.24, 2.45) is 5.41 Å². The molecule has 27 heavy (non-hydrogen) atoms. The van der Waals surface area contributed by atoms with E-state index in [9.17, 15) is 19.8 Å². The average Bonchev–Trinajstić information content (AvgIpc) is 2.57. The molecule has 4 rings (SSSR count). The van der Waals surface area contributed by atoms with Crippen LogP contribution in [-0.4, -0.2) is 33.0 Å². The van der Waals surface area contributed by atoms with Gasteiger partial charge in [-0.2, -0.15) is 0 Å². The molecule has 0 radical (unpaired) electrons. The third kappa shape index (κ3) is 2.34. The van der Waals surface area contributed by atoms with Crippen molar-refractivity contribution in [1.82, 2.24) is 0 Å². The zero-order valence-corrected chi connectivity index (χ0v) is 15.5. The minimum absolute atomic E-state index is 0.0632. The standard InChI is InChI=1S/C22H22O5/c1-13-10-16-15-11-14(23)4-5-17(15)27-22(12-13)19(25)7-6-18(24)21(16,22)9-8-20(2,3)26/h4-11,16,23,26H,12H2,1-3H3/b9-8+/t16-,21?,22-/m0/s1. The van der Waals surface area contributed by atoms with Crippen LogP contribution in [0.3, 0.4) is 0 Å². The number of fused-ring (bicyclic) bond motifs is 2. The molecule has 1 aromatic carbocycles. The molecule has 3 aliphatic rings. The van der Waals surface area contributed by atoms with Gasteiger partial charge in [0, 0.05) is 17.9 Å². The van der Waals surface area contributed by atoms with Crippen LogP contribution in [0.1, 0.15) is 38.7 Å². The van der Waals surface area contributed by atoms with Crippen molar-refractivity contribution in [3.63, 3.8) is 0 Å². The molecule has 0 aromatic heterocycles. The molecule has 2 bridgehead atoms. The first-order chi connectivity index (χ1) is 12.6. The van der Waals surface area contributed by atoms with Gasteiger partial charge in [0.25, 0.3) is 0 Å². The highest BCUT2D eigenvalue weighted by Crippen LogP contribution is 2.62. The predicted molar refractivity (Wildman–Crippen MR) is 99.6 cm³/mol. The van der Waals surface area contributed by atoms with Crippen molar-refractivity contribution in [1.29, 1.82) is 0 Å². The van der Waals surface area contributed by atoms with E-state index in [1.165, 1.54) is 18.2 Å². The molecule has 0 saturated heterocycles. The second kappa shape index (κ2) is 5.42. The fourth-order valence-electron chi connectivity index (χ4n) is 4.55. The van der Waals surface area contributed by atoms with Gasteiger partial charge in [-0.25, -0.2) is 0 Å². The molecule has 2 aliphatic carbocycles. The highest BCUT2D eigenvalue weighted by molar-refractivity contribution is 6.15. The van der Waals surface area contributed by atoms with Crippen LogP contribution in [0.2, 0.25) is 0 Å². The fraction of sp³-hybridized carbons (Fsp3) is 0.364. The predicted octanol–water partition coefficient (Wildman–Crippen LogP) is 2.98. The number of rotatable bonds is 2. The lowest BCUT2D eigenvalue weighted by Gasteiger charge is -2.56. The first-order valence-corrected chi connectivity index (χ1v) is 8.98.